The molecule has 6 rings (SSSR count). The fourth-order valence-electron chi connectivity index (χ4n) is 7.45. The van der Waals surface area contributed by atoms with Crippen molar-refractivity contribution >= 4 is 62.9 Å². The number of allylic oxidation sites excluding steroid dienone is 2. The maximum Gasteiger partial charge on any atom is 0.423 e. The summed E-state index contributed by atoms with van der Waals surface area (Å²) in [6, 6.07) is 6.76. The predicted octanol–water partition coefficient (Wildman–Crippen LogP) is 4.95. The zero-order valence-corrected chi connectivity index (χ0v) is 25.4. The fourth-order valence-corrected chi connectivity index (χ4v) is 8.09. The van der Waals surface area contributed by atoms with Crippen molar-refractivity contribution in [1.29, 1.82) is 0 Å². The molecule has 0 bridgehead atoms. The van der Waals surface area contributed by atoms with Gasteiger partial charge < -0.3 is 14.6 Å². The van der Waals surface area contributed by atoms with Crippen LogP contribution in [0.15, 0.2) is 46.5 Å². The molecule has 6 atom stereocenters. The first-order chi connectivity index (χ1) is 20.4. The number of carbonyl (C=O) groups is 5. The van der Waals surface area contributed by atoms with Gasteiger partial charge in [-0.25, -0.2) is 14.1 Å². The molecule has 1 saturated carbocycles. The van der Waals surface area contributed by atoms with Crippen molar-refractivity contribution in [2.45, 2.75) is 25.7 Å². The summed E-state index contributed by atoms with van der Waals surface area (Å²) in [6.07, 6.45) is 0.899. The Morgan fingerprint density at radius 2 is 1.81 bits per heavy atom. The summed E-state index contributed by atoms with van der Waals surface area (Å²) in [5.41, 5.74) is -0.126. The summed E-state index contributed by atoms with van der Waals surface area (Å²) in [5, 5.41) is 10.3. The highest BCUT2D eigenvalue weighted by Crippen LogP contribution is 2.64. The summed E-state index contributed by atoms with van der Waals surface area (Å²) in [7, 11) is 2.45. The normalized spacial score (nSPS) is 29.7. The van der Waals surface area contributed by atoms with E-state index in [0.717, 1.165) is 18.1 Å². The second kappa shape index (κ2) is 10.2. The number of fused-ring (bicyclic) bond motifs is 4. The minimum Gasteiger partial charge on any atom is -0.503 e. The highest BCUT2D eigenvalue weighted by Gasteiger charge is 2.68. The average Bonchev–Trinajstić information content (AvgIpc) is 3.35. The van der Waals surface area contributed by atoms with E-state index in [-0.39, 0.29) is 39.5 Å². The van der Waals surface area contributed by atoms with E-state index in [0.29, 0.717) is 16.0 Å². The number of aromatic hydroxyl groups is 1. The van der Waals surface area contributed by atoms with E-state index in [1.807, 2.05) is 6.08 Å². The number of ether oxygens (including phenoxy) is 2. The van der Waals surface area contributed by atoms with Crippen LogP contribution in [-0.4, -0.2) is 53.9 Å². The highest BCUT2D eigenvalue weighted by atomic mass is 79.9. The monoisotopic (exact) mass is 674 g/mol. The van der Waals surface area contributed by atoms with Gasteiger partial charge in [-0.2, -0.15) is 4.90 Å². The van der Waals surface area contributed by atoms with Gasteiger partial charge in [-0.15, -0.1) is 0 Å². The minimum absolute atomic E-state index is 0.0421. The molecule has 0 spiro atoms. The third kappa shape index (κ3) is 3.98. The van der Waals surface area contributed by atoms with Crippen molar-refractivity contribution in [3.63, 3.8) is 0 Å². The molecule has 4 aliphatic rings. The molecule has 43 heavy (non-hydrogen) atoms. The quantitative estimate of drug-likeness (QED) is 0.357. The molecule has 13 heteroatoms. The number of phenolic OH excluding ortho intramolecular Hbond substituents is 1. The Hall–Kier alpha value is -3.77. The lowest BCUT2D eigenvalue weighted by Gasteiger charge is -2.49. The molecule has 0 aromatic heterocycles. The van der Waals surface area contributed by atoms with Crippen LogP contribution in [0.3, 0.4) is 0 Å². The number of halogens is 3. The van der Waals surface area contributed by atoms with Crippen molar-refractivity contribution in [1.82, 2.24) is 4.90 Å². The number of methoxy groups -OCH3 is 2. The Morgan fingerprint density at radius 3 is 2.47 bits per heavy atom. The zero-order chi connectivity index (χ0) is 31.1. The van der Waals surface area contributed by atoms with Crippen LogP contribution < -0.4 is 9.64 Å². The number of amides is 5. The Balaban J connectivity index is 1.55. The first-order valence-corrected chi connectivity index (χ1v) is 14.6. The number of benzene rings is 2. The van der Waals surface area contributed by atoms with Crippen LogP contribution >= 0.6 is 27.5 Å². The molecule has 10 nitrogen and oxygen atoms in total. The van der Waals surface area contributed by atoms with Crippen LogP contribution in [-0.2, 0) is 23.9 Å². The zero-order valence-electron chi connectivity index (χ0n) is 23.1. The highest BCUT2D eigenvalue weighted by molar-refractivity contribution is 9.10. The smallest absolute Gasteiger partial charge is 0.423 e. The third-order valence-electron chi connectivity index (χ3n) is 9.40. The van der Waals surface area contributed by atoms with Gasteiger partial charge in [-0.05, 0) is 77.5 Å². The summed E-state index contributed by atoms with van der Waals surface area (Å²) < 4.78 is 24.4. The first-order valence-electron chi connectivity index (χ1n) is 13.4. The first kappa shape index (κ1) is 29.3. The van der Waals surface area contributed by atoms with Crippen molar-refractivity contribution < 1.29 is 42.9 Å². The average molecular weight is 676 g/mol. The topological polar surface area (TPSA) is 131 Å². The second-order valence-electron chi connectivity index (χ2n) is 11.3. The number of likely N-dealkylation sites (tertiary alicyclic amines) is 1. The van der Waals surface area contributed by atoms with E-state index >= 15 is 0 Å². The van der Waals surface area contributed by atoms with E-state index < -0.39 is 70.5 Å². The van der Waals surface area contributed by atoms with Crippen LogP contribution in [0.4, 0.5) is 14.9 Å². The Morgan fingerprint density at radius 1 is 1.09 bits per heavy atom. The molecule has 224 valence electrons. The molecule has 2 aliphatic carbocycles. The van der Waals surface area contributed by atoms with Gasteiger partial charge in [0.05, 0.1) is 52.6 Å². The molecule has 2 aliphatic heterocycles. The van der Waals surface area contributed by atoms with Gasteiger partial charge >= 0.3 is 6.09 Å². The van der Waals surface area contributed by atoms with Gasteiger partial charge in [0.2, 0.25) is 23.6 Å². The second-order valence-corrected chi connectivity index (χ2v) is 12.6. The van der Waals surface area contributed by atoms with Crippen molar-refractivity contribution in [3.05, 3.63) is 62.9 Å². The number of anilines is 1. The minimum atomic E-state index is -1.40. The number of hydrogen-bond acceptors (Lipinski definition) is 8. The molecular formula is C30H25BrClFN2O8. The Kier molecular flexibility index (Phi) is 6.92. The Bertz CT molecular complexity index is 1680. The van der Waals surface area contributed by atoms with E-state index in [1.165, 1.54) is 19.2 Å². The lowest BCUT2D eigenvalue weighted by Crippen LogP contribution is -2.49. The van der Waals surface area contributed by atoms with Gasteiger partial charge in [0.15, 0.2) is 11.5 Å². The summed E-state index contributed by atoms with van der Waals surface area (Å²) in [4.78, 5) is 69.3. The van der Waals surface area contributed by atoms with Crippen molar-refractivity contribution in [3.8, 4) is 11.5 Å². The van der Waals surface area contributed by atoms with Gasteiger partial charge in [0, 0.05) is 5.92 Å². The van der Waals surface area contributed by atoms with Crippen molar-refractivity contribution in [2.75, 3.05) is 19.1 Å². The van der Waals surface area contributed by atoms with Crippen LogP contribution in [0.1, 0.15) is 31.2 Å². The number of nitrogens with zero attached hydrogens (tertiary/aromatic N) is 2. The third-order valence-corrected chi connectivity index (χ3v) is 10.3. The van der Waals surface area contributed by atoms with E-state index in [2.05, 4.69) is 15.9 Å². The lowest BCUT2D eigenvalue weighted by molar-refractivity contribution is -0.138. The molecule has 2 saturated heterocycles. The molecule has 3 fully saturated rings. The van der Waals surface area contributed by atoms with Crippen LogP contribution in [0.2, 0.25) is 5.02 Å². The summed E-state index contributed by atoms with van der Waals surface area (Å²) in [5.74, 6) is -7.53. The molecular weight excluding hydrogens is 651 g/mol. The SMILES string of the molecule is COC(=O)N1C(=O)[C@H]2[C@H](CC=C3[C@H]2C[C@H]2C(=O)N(c4ccc(F)c(Cl)c4)C(=O)[C@@]2(C)[C@H]3c2cc(Br)c(O)c(OC)c2)C1=O. The van der Waals surface area contributed by atoms with Gasteiger partial charge in [0.1, 0.15) is 5.82 Å². The van der Waals surface area contributed by atoms with Crippen molar-refractivity contribution in [2.24, 2.45) is 29.1 Å². The van der Waals surface area contributed by atoms with Gasteiger partial charge in [-0.3, -0.25) is 19.2 Å². The number of rotatable bonds is 3. The number of imide groups is 4. The molecule has 2 heterocycles. The van der Waals surface area contributed by atoms with Crippen LogP contribution in [0.5, 0.6) is 11.5 Å². The molecule has 1 N–H and O–H groups in total. The maximum absolute atomic E-state index is 14.4. The maximum atomic E-state index is 14.4. The standard InChI is InChI=1S/C30H25BrClFN2O8/c1-30-17(26(38)34(28(30)40)13-4-7-20(33)19(32)10-13)11-16-14(23(30)12-8-18(31)24(36)21(9-12)42-2)5-6-15-22(16)27(39)35(25(15)37)29(41)43-3/h4-5,7-10,15-17,22-23,36H,6,11H2,1-3H3/t15-,16+,17-,22-,23-,30+/m0/s1. The van der Waals surface area contributed by atoms with Crippen LogP contribution in [0.25, 0.3) is 0 Å². The van der Waals surface area contributed by atoms with Crippen LogP contribution in [0, 0.1) is 34.9 Å². The van der Waals surface area contributed by atoms with E-state index in [1.54, 1.807) is 19.1 Å². The largest absolute Gasteiger partial charge is 0.503 e. The number of carbonyl (C=O) groups excluding carboxylic acids is 5. The molecule has 0 unspecified atom stereocenters. The summed E-state index contributed by atoms with van der Waals surface area (Å²) in [6.45, 7) is 1.67. The summed E-state index contributed by atoms with van der Waals surface area (Å²) >= 11 is 9.37. The molecule has 2 aromatic rings. The Labute approximate surface area is 258 Å². The van der Waals surface area contributed by atoms with E-state index in [9.17, 15) is 33.5 Å². The molecule has 0 radical (unpaired) electrons. The van der Waals surface area contributed by atoms with Gasteiger partial charge in [0.25, 0.3) is 0 Å². The lowest BCUT2D eigenvalue weighted by atomic mass is 9.51. The molecule has 2 aromatic carbocycles. The number of phenols is 1. The van der Waals surface area contributed by atoms with E-state index in [4.69, 9.17) is 21.1 Å². The fraction of sp³-hybridized carbons (Fsp3) is 0.367. The predicted molar refractivity (Wildman–Crippen MR) is 153 cm³/mol. The molecule has 5 amide bonds. The van der Waals surface area contributed by atoms with Gasteiger partial charge in [-0.1, -0.05) is 23.3 Å². The number of hydrogen-bond donors (Lipinski definition) is 1.